The second-order valence-electron chi connectivity index (χ2n) is 7.90. The van der Waals surface area contributed by atoms with Gasteiger partial charge in [0.2, 0.25) is 0 Å². The first-order chi connectivity index (χ1) is 11.9. The van der Waals surface area contributed by atoms with E-state index in [9.17, 15) is 0 Å². The molecule has 0 saturated carbocycles. The summed E-state index contributed by atoms with van der Waals surface area (Å²) in [6, 6.07) is 23.8. The molecule has 0 fully saturated rings. The molecule has 1 unspecified atom stereocenters. The monoisotopic (exact) mass is 329 g/mol. The van der Waals surface area contributed by atoms with E-state index >= 15 is 0 Å². The van der Waals surface area contributed by atoms with Crippen LogP contribution in [0.5, 0.6) is 0 Å². The molecule has 0 aliphatic carbocycles. The molecule has 1 nitrogen and oxygen atoms in total. The third-order valence-electron chi connectivity index (χ3n) is 4.76. The normalized spacial score (nSPS) is 12.8. The van der Waals surface area contributed by atoms with Crippen LogP contribution in [0.15, 0.2) is 72.9 Å². The van der Waals surface area contributed by atoms with Crippen LogP contribution in [0.3, 0.4) is 0 Å². The van der Waals surface area contributed by atoms with Crippen LogP contribution in [-0.4, -0.2) is 4.98 Å². The molecule has 25 heavy (non-hydrogen) atoms. The smallest absolute Gasteiger partial charge is 0.0702 e. The Kier molecular flexibility index (Phi) is 5.03. The largest absolute Gasteiger partial charge is 0.256 e. The zero-order valence-corrected chi connectivity index (χ0v) is 15.7. The van der Waals surface area contributed by atoms with E-state index in [0.29, 0.717) is 5.92 Å². The molecule has 1 aromatic heterocycles. The van der Waals surface area contributed by atoms with Gasteiger partial charge in [-0.05, 0) is 46.6 Å². The van der Waals surface area contributed by atoms with Crippen molar-refractivity contribution in [3.05, 3.63) is 89.6 Å². The molecule has 2 aromatic carbocycles. The summed E-state index contributed by atoms with van der Waals surface area (Å²) < 4.78 is 0. The summed E-state index contributed by atoms with van der Waals surface area (Å²) in [6.45, 7) is 9.00. The van der Waals surface area contributed by atoms with Crippen LogP contribution in [0.4, 0.5) is 0 Å². The first-order valence-corrected chi connectivity index (χ1v) is 9.04. The minimum Gasteiger partial charge on any atom is -0.256 e. The average Bonchev–Trinajstić information content (AvgIpc) is 2.62. The zero-order chi connectivity index (χ0) is 17.9. The number of aromatic nitrogens is 1. The van der Waals surface area contributed by atoms with Gasteiger partial charge in [-0.3, -0.25) is 4.98 Å². The second kappa shape index (κ2) is 7.23. The third kappa shape index (κ3) is 4.36. The minimum atomic E-state index is 0.154. The topological polar surface area (TPSA) is 12.9 Å². The lowest BCUT2D eigenvalue weighted by Gasteiger charge is -2.19. The average molecular weight is 329 g/mol. The Hall–Kier alpha value is -2.41. The molecular formula is C24H27N. The SMILES string of the molecule is CC(Cc1ccc(-c2cccc(C(C)(C)C)c2)nc1)c1ccccc1. The van der Waals surface area contributed by atoms with E-state index in [1.165, 1.54) is 22.3 Å². The van der Waals surface area contributed by atoms with Gasteiger partial charge in [-0.25, -0.2) is 0 Å². The zero-order valence-electron chi connectivity index (χ0n) is 15.7. The third-order valence-corrected chi connectivity index (χ3v) is 4.76. The predicted octanol–water partition coefficient (Wildman–Crippen LogP) is 6.39. The molecule has 3 rings (SSSR count). The fourth-order valence-electron chi connectivity index (χ4n) is 3.11. The van der Waals surface area contributed by atoms with Gasteiger partial charge in [-0.2, -0.15) is 0 Å². The molecule has 128 valence electrons. The highest BCUT2D eigenvalue weighted by molar-refractivity contribution is 5.60. The maximum atomic E-state index is 4.72. The van der Waals surface area contributed by atoms with E-state index in [-0.39, 0.29) is 5.41 Å². The van der Waals surface area contributed by atoms with Crippen molar-refractivity contribution in [1.29, 1.82) is 0 Å². The first-order valence-electron chi connectivity index (χ1n) is 9.04. The van der Waals surface area contributed by atoms with Gasteiger partial charge in [0.15, 0.2) is 0 Å². The van der Waals surface area contributed by atoms with Crippen molar-refractivity contribution in [2.75, 3.05) is 0 Å². The summed E-state index contributed by atoms with van der Waals surface area (Å²) in [5, 5.41) is 0. The summed E-state index contributed by atoms with van der Waals surface area (Å²) in [4.78, 5) is 4.72. The molecule has 0 N–H and O–H groups in total. The van der Waals surface area contributed by atoms with Crippen molar-refractivity contribution in [1.82, 2.24) is 4.98 Å². The van der Waals surface area contributed by atoms with Crippen LogP contribution in [-0.2, 0) is 11.8 Å². The van der Waals surface area contributed by atoms with Gasteiger partial charge in [0.25, 0.3) is 0 Å². The lowest BCUT2D eigenvalue weighted by molar-refractivity contribution is 0.590. The maximum Gasteiger partial charge on any atom is 0.0702 e. The van der Waals surface area contributed by atoms with Crippen molar-refractivity contribution in [2.45, 2.75) is 45.4 Å². The van der Waals surface area contributed by atoms with E-state index in [1.54, 1.807) is 0 Å². The number of hydrogen-bond acceptors (Lipinski definition) is 1. The van der Waals surface area contributed by atoms with Gasteiger partial charge in [0, 0.05) is 11.8 Å². The van der Waals surface area contributed by atoms with Crippen molar-refractivity contribution < 1.29 is 0 Å². The Bertz CT molecular complexity index is 811. The summed E-state index contributed by atoms with van der Waals surface area (Å²) in [5.74, 6) is 0.498. The molecule has 0 amide bonds. The van der Waals surface area contributed by atoms with Crippen LogP contribution < -0.4 is 0 Å². The molecule has 0 spiro atoms. The van der Waals surface area contributed by atoms with E-state index < -0.39 is 0 Å². The Morgan fingerprint density at radius 3 is 2.28 bits per heavy atom. The molecule has 0 radical (unpaired) electrons. The lowest BCUT2D eigenvalue weighted by atomic mass is 9.86. The van der Waals surface area contributed by atoms with Crippen LogP contribution in [0.25, 0.3) is 11.3 Å². The van der Waals surface area contributed by atoms with Gasteiger partial charge in [0.05, 0.1) is 5.69 Å². The molecule has 3 aromatic rings. The molecule has 1 atom stereocenters. The predicted molar refractivity (Wildman–Crippen MR) is 107 cm³/mol. The number of benzene rings is 2. The fourth-order valence-corrected chi connectivity index (χ4v) is 3.11. The van der Waals surface area contributed by atoms with Crippen molar-refractivity contribution in [2.24, 2.45) is 0 Å². The molecule has 0 bridgehead atoms. The fraction of sp³-hybridized carbons (Fsp3) is 0.292. The summed E-state index contributed by atoms with van der Waals surface area (Å²) in [7, 11) is 0. The summed E-state index contributed by atoms with van der Waals surface area (Å²) >= 11 is 0. The van der Waals surface area contributed by atoms with E-state index in [2.05, 4.69) is 94.4 Å². The van der Waals surface area contributed by atoms with Crippen molar-refractivity contribution in [3.63, 3.8) is 0 Å². The molecule has 0 aliphatic heterocycles. The Balaban J connectivity index is 1.77. The molecule has 0 aliphatic rings. The Labute approximate surface area is 151 Å². The summed E-state index contributed by atoms with van der Waals surface area (Å²) in [5.41, 5.74) is 6.39. The number of nitrogens with zero attached hydrogens (tertiary/aromatic N) is 1. The van der Waals surface area contributed by atoms with Gasteiger partial charge < -0.3 is 0 Å². The molecule has 1 heteroatoms. The van der Waals surface area contributed by atoms with Crippen LogP contribution >= 0.6 is 0 Å². The van der Waals surface area contributed by atoms with Crippen LogP contribution in [0.1, 0.15) is 50.3 Å². The lowest BCUT2D eigenvalue weighted by Crippen LogP contribution is -2.10. The van der Waals surface area contributed by atoms with Crippen molar-refractivity contribution >= 4 is 0 Å². The number of rotatable bonds is 4. The standard InChI is InChI=1S/C24H27N/c1-18(20-9-6-5-7-10-20)15-19-13-14-23(25-17-19)21-11-8-12-22(16-21)24(2,3)4/h5-14,16-18H,15H2,1-4H3. The molecule has 0 saturated heterocycles. The van der Waals surface area contributed by atoms with Crippen LogP contribution in [0.2, 0.25) is 0 Å². The molecular weight excluding hydrogens is 302 g/mol. The van der Waals surface area contributed by atoms with Gasteiger partial charge in [-0.1, -0.05) is 82.3 Å². The highest BCUT2D eigenvalue weighted by atomic mass is 14.7. The van der Waals surface area contributed by atoms with Gasteiger partial charge in [0.1, 0.15) is 0 Å². The highest BCUT2D eigenvalue weighted by Crippen LogP contribution is 2.27. The minimum absolute atomic E-state index is 0.154. The molecule has 1 heterocycles. The van der Waals surface area contributed by atoms with E-state index in [4.69, 9.17) is 4.98 Å². The Morgan fingerprint density at radius 1 is 0.880 bits per heavy atom. The van der Waals surface area contributed by atoms with Gasteiger partial charge >= 0.3 is 0 Å². The maximum absolute atomic E-state index is 4.72. The van der Waals surface area contributed by atoms with Crippen molar-refractivity contribution in [3.8, 4) is 11.3 Å². The van der Waals surface area contributed by atoms with Crippen LogP contribution in [0, 0.1) is 0 Å². The highest BCUT2D eigenvalue weighted by Gasteiger charge is 2.14. The summed E-state index contributed by atoms with van der Waals surface area (Å²) in [6.07, 6.45) is 3.04. The first kappa shape index (κ1) is 17.4. The van der Waals surface area contributed by atoms with Gasteiger partial charge in [-0.15, -0.1) is 0 Å². The number of pyridine rings is 1. The van der Waals surface area contributed by atoms with E-state index in [1.807, 2.05) is 6.20 Å². The Morgan fingerprint density at radius 2 is 1.64 bits per heavy atom. The number of hydrogen-bond donors (Lipinski definition) is 0. The van der Waals surface area contributed by atoms with E-state index in [0.717, 1.165) is 12.1 Å². The quantitative estimate of drug-likeness (QED) is 0.540. The second-order valence-corrected chi connectivity index (χ2v) is 7.90.